The van der Waals surface area contributed by atoms with Crippen molar-refractivity contribution in [1.29, 1.82) is 0 Å². The second kappa shape index (κ2) is 5.57. The van der Waals surface area contributed by atoms with E-state index in [2.05, 4.69) is 10.3 Å². The summed E-state index contributed by atoms with van der Waals surface area (Å²) in [5.74, 6) is 0.254. The Labute approximate surface area is 121 Å². The number of halogens is 1. The van der Waals surface area contributed by atoms with Crippen molar-refractivity contribution in [2.24, 2.45) is 0 Å². The number of ketones is 1. The summed E-state index contributed by atoms with van der Waals surface area (Å²) in [6.45, 7) is 0.950. The largest absolute Gasteiger partial charge is 0.307 e. The molecule has 1 aliphatic rings. The number of carbonyl (C=O) groups excluding carboxylic acids is 1. The van der Waals surface area contributed by atoms with Crippen LogP contribution < -0.4 is 5.32 Å². The highest BCUT2D eigenvalue weighted by molar-refractivity contribution is 7.18. The molecule has 2 heterocycles. The van der Waals surface area contributed by atoms with Gasteiger partial charge in [0.15, 0.2) is 5.78 Å². The predicted octanol–water partition coefficient (Wildman–Crippen LogP) is 3.20. The molecule has 0 unspecified atom stereocenters. The molecule has 0 bridgehead atoms. The third kappa shape index (κ3) is 2.96. The topological polar surface area (TPSA) is 42.0 Å². The lowest BCUT2D eigenvalue weighted by Crippen LogP contribution is -2.41. The molecule has 100 valence electrons. The van der Waals surface area contributed by atoms with Gasteiger partial charge in [0.2, 0.25) is 0 Å². The van der Waals surface area contributed by atoms with E-state index in [4.69, 9.17) is 11.6 Å². The summed E-state index contributed by atoms with van der Waals surface area (Å²) in [6.07, 6.45) is 3.69. The first kappa shape index (κ1) is 13.0. The lowest BCUT2D eigenvalue weighted by molar-refractivity contribution is -0.120. The van der Waals surface area contributed by atoms with Crippen LogP contribution >= 0.6 is 22.9 Å². The number of hydrogen-bond acceptors (Lipinski definition) is 4. The zero-order valence-corrected chi connectivity index (χ0v) is 12.1. The first-order valence-electron chi connectivity index (χ1n) is 6.53. The average molecular weight is 295 g/mol. The van der Waals surface area contributed by atoms with Crippen molar-refractivity contribution in [1.82, 2.24) is 10.3 Å². The molecule has 1 saturated heterocycles. The zero-order valence-electron chi connectivity index (χ0n) is 10.5. The van der Waals surface area contributed by atoms with Crippen LogP contribution in [0.4, 0.5) is 0 Å². The maximum Gasteiger partial charge on any atom is 0.156 e. The van der Waals surface area contributed by atoms with E-state index in [1.807, 2.05) is 18.2 Å². The van der Waals surface area contributed by atoms with Crippen LogP contribution in [0.2, 0.25) is 5.02 Å². The molecule has 3 nitrogen and oxygen atoms in total. The number of aromatic nitrogens is 1. The fourth-order valence-electron chi connectivity index (χ4n) is 2.42. The number of benzene rings is 1. The van der Waals surface area contributed by atoms with Crippen molar-refractivity contribution in [2.75, 3.05) is 6.54 Å². The van der Waals surface area contributed by atoms with Crippen molar-refractivity contribution in [3.63, 3.8) is 0 Å². The highest BCUT2D eigenvalue weighted by atomic mass is 35.5. The molecule has 0 saturated carbocycles. The molecule has 2 aromatic rings. The smallest absolute Gasteiger partial charge is 0.156 e. The number of hydrogen-bond donors (Lipinski definition) is 1. The molecule has 1 aromatic heterocycles. The maximum atomic E-state index is 12.2. The second-order valence-electron chi connectivity index (χ2n) is 4.87. The van der Waals surface area contributed by atoms with Crippen LogP contribution in [0, 0.1) is 0 Å². The van der Waals surface area contributed by atoms with Gasteiger partial charge < -0.3 is 5.32 Å². The first-order chi connectivity index (χ1) is 9.22. The van der Waals surface area contributed by atoms with E-state index in [0.29, 0.717) is 11.4 Å². The first-order valence-corrected chi connectivity index (χ1v) is 7.73. The number of Topliss-reactive ketones (excluding diaryl/α,β-unsaturated/α-hetero) is 1. The number of nitrogens with one attached hydrogen (secondary N) is 1. The number of nitrogens with zero attached hydrogens (tertiary/aromatic N) is 1. The van der Waals surface area contributed by atoms with E-state index in [0.717, 1.165) is 34.6 Å². The summed E-state index contributed by atoms with van der Waals surface area (Å²) < 4.78 is 1.09. The highest BCUT2D eigenvalue weighted by Gasteiger charge is 2.21. The monoisotopic (exact) mass is 294 g/mol. The Morgan fingerprint density at radius 3 is 3.16 bits per heavy atom. The molecule has 1 fully saturated rings. The van der Waals surface area contributed by atoms with Gasteiger partial charge >= 0.3 is 0 Å². The number of piperidine rings is 1. The Kier molecular flexibility index (Phi) is 3.82. The highest BCUT2D eigenvalue weighted by Crippen LogP contribution is 2.25. The molecular weight excluding hydrogens is 280 g/mol. The fraction of sp³-hybridized carbons (Fsp3) is 0.429. The Bertz CT molecular complexity index is 605. The van der Waals surface area contributed by atoms with Gasteiger partial charge in [0, 0.05) is 5.02 Å². The van der Waals surface area contributed by atoms with Gasteiger partial charge in [0.25, 0.3) is 0 Å². The molecule has 0 spiro atoms. The minimum Gasteiger partial charge on any atom is -0.307 e. The van der Waals surface area contributed by atoms with Gasteiger partial charge in [-0.05, 0) is 37.6 Å². The molecule has 1 N–H and O–H groups in total. The van der Waals surface area contributed by atoms with Gasteiger partial charge in [-0.25, -0.2) is 4.98 Å². The quantitative estimate of drug-likeness (QED) is 0.945. The third-order valence-corrected chi connectivity index (χ3v) is 4.69. The number of carbonyl (C=O) groups is 1. The Balaban J connectivity index is 1.75. The van der Waals surface area contributed by atoms with Crippen LogP contribution in [0.25, 0.3) is 10.2 Å². The molecule has 0 radical (unpaired) electrons. The summed E-state index contributed by atoms with van der Waals surface area (Å²) >= 11 is 7.52. The Morgan fingerprint density at radius 2 is 2.37 bits per heavy atom. The normalized spacial score (nSPS) is 19.7. The van der Waals surface area contributed by atoms with Gasteiger partial charge in [-0.3, -0.25) is 4.79 Å². The van der Waals surface area contributed by atoms with Crippen LogP contribution in [0.15, 0.2) is 18.2 Å². The van der Waals surface area contributed by atoms with E-state index in [1.54, 1.807) is 11.3 Å². The van der Waals surface area contributed by atoms with Crippen LogP contribution in [-0.2, 0) is 11.2 Å². The molecule has 1 atom stereocenters. The summed E-state index contributed by atoms with van der Waals surface area (Å²) in [5.41, 5.74) is 0.886. The van der Waals surface area contributed by atoms with E-state index in [1.165, 1.54) is 6.42 Å². The van der Waals surface area contributed by atoms with Crippen LogP contribution in [-0.4, -0.2) is 23.4 Å². The molecule has 0 amide bonds. The Hall–Kier alpha value is -0.970. The standard InChI is InChI=1S/C14H15ClN2OS/c15-9-4-5-13-11(7-9)17-14(19-13)8-12(18)10-3-1-2-6-16-10/h4-5,7,10,16H,1-3,6,8H2/t10-/m0/s1. The molecule has 19 heavy (non-hydrogen) atoms. The number of rotatable bonds is 3. The van der Waals surface area contributed by atoms with Crippen molar-refractivity contribution in [2.45, 2.75) is 31.7 Å². The van der Waals surface area contributed by atoms with Gasteiger partial charge in [0.1, 0.15) is 5.01 Å². The molecule has 3 rings (SSSR count). The third-order valence-electron chi connectivity index (χ3n) is 3.42. The predicted molar refractivity (Wildman–Crippen MR) is 79.0 cm³/mol. The van der Waals surface area contributed by atoms with Gasteiger partial charge in [-0.2, -0.15) is 0 Å². The van der Waals surface area contributed by atoms with Gasteiger partial charge in [-0.15, -0.1) is 11.3 Å². The lowest BCUT2D eigenvalue weighted by Gasteiger charge is -2.21. The summed E-state index contributed by atoms with van der Waals surface area (Å²) in [7, 11) is 0. The molecular formula is C14H15ClN2OS. The SMILES string of the molecule is O=C(Cc1nc2cc(Cl)ccc2s1)[C@@H]1CCCCN1. The second-order valence-corrected chi connectivity index (χ2v) is 6.42. The molecule has 0 aliphatic carbocycles. The van der Waals surface area contributed by atoms with E-state index >= 15 is 0 Å². The van der Waals surface area contributed by atoms with E-state index in [9.17, 15) is 4.79 Å². The average Bonchev–Trinajstić information content (AvgIpc) is 2.81. The van der Waals surface area contributed by atoms with Gasteiger partial charge in [0.05, 0.1) is 22.7 Å². The van der Waals surface area contributed by atoms with Crippen molar-refractivity contribution in [3.8, 4) is 0 Å². The maximum absolute atomic E-state index is 12.2. The summed E-state index contributed by atoms with van der Waals surface area (Å²) in [5, 5.41) is 4.86. The summed E-state index contributed by atoms with van der Waals surface area (Å²) in [6, 6.07) is 5.68. The van der Waals surface area contributed by atoms with Crippen LogP contribution in [0.3, 0.4) is 0 Å². The van der Waals surface area contributed by atoms with Crippen molar-refractivity contribution < 1.29 is 4.79 Å². The number of thiazole rings is 1. The number of fused-ring (bicyclic) bond motifs is 1. The lowest BCUT2D eigenvalue weighted by atomic mass is 10.00. The van der Waals surface area contributed by atoms with E-state index in [-0.39, 0.29) is 11.8 Å². The summed E-state index contributed by atoms with van der Waals surface area (Å²) in [4.78, 5) is 16.7. The molecule has 1 aromatic carbocycles. The van der Waals surface area contributed by atoms with Crippen LogP contribution in [0.1, 0.15) is 24.3 Å². The van der Waals surface area contributed by atoms with Gasteiger partial charge in [-0.1, -0.05) is 18.0 Å². The fourth-order valence-corrected chi connectivity index (χ4v) is 3.55. The minimum absolute atomic E-state index is 0.0179. The van der Waals surface area contributed by atoms with Crippen molar-refractivity contribution in [3.05, 3.63) is 28.2 Å². The molecule has 1 aliphatic heterocycles. The van der Waals surface area contributed by atoms with E-state index < -0.39 is 0 Å². The molecule has 5 heteroatoms. The minimum atomic E-state index is 0.0179. The van der Waals surface area contributed by atoms with Crippen molar-refractivity contribution >= 4 is 38.9 Å². The Morgan fingerprint density at radius 1 is 1.47 bits per heavy atom. The zero-order chi connectivity index (χ0) is 13.2. The van der Waals surface area contributed by atoms with Crippen LogP contribution in [0.5, 0.6) is 0 Å².